The SMILES string of the molecule is Cc1ccc(/C=N\NC(=O)CN(c2ccc(C)cc2)S(=O)(=O)c2ccc(F)cc2)cc1. The van der Waals surface area contributed by atoms with Crippen molar-refractivity contribution in [2.45, 2.75) is 18.7 Å². The molecule has 3 rings (SSSR count). The summed E-state index contributed by atoms with van der Waals surface area (Å²) in [6, 6.07) is 18.7. The number of sulfonamides is 1. The van der Waals surface area contributed by atoms with E-state index in [1.807, 2.05) is 38.1 Å². The number of nitrogens with one attached hydrogen (secondary N) is 1. The molecule has 31 heavy (non-hydrogen) atoms. The van der Waals surface area contributed by atoms with E-state index < -0.39 is 28.3 Å². The standard InChI is InChI=1S/C23H22FN3O3S/c1-17-3-7-19(8-4-17)15-25-26-23(28)16-27(21-11-5-18(2)6-12-21)31(29,30)22-13-9-20(24)10-14-22/h3-15H,16H2,1-2H3,(H,26,28)/b25-15-. The Hall–Kier alpha value is -3.52. The summed E-state index contributed by atoms with van der Waals surface area (Å²) in [5, 5.41) is 3.90. The first kappa shape index (κ1) is 22.2. The van der Waals surface area contributed by atoms with Crippen LogP contribution in [-0.2, 0) is 14.8 Å². The fraction of sp³-hybridized carbons (Fsp3) is 0.130. The number of hydrazone groups is 1. The molecular formula is C23H22FN3O3S. The van der Waals surface area contributed by atoms with Gasteiger partial charge in [0.25, 0.3) is 15.9 Å². The summed E-state index contributed by atoms with van der Waals surface area (Å²) in [6.45, 7) is 3.34. The zero-order valence-corrected chi connectivity index (χ0v) is 17.9. The minimum atomic E-state index is -4.11. The average Bonchev–Trinajstić information content (AvgIpc) is 2.74. The summed E-state index contributed by atoms with van der Waals surface area (Å²) >= 11 is 0. The highest BCUT2D eigenvalue weighted by Crippen LogP contribution is 2.24. The third kappa shape index (κ3) is 5.76. The molecule has 0 unspecified atom stereocenters. The van der Waals surface area contributed by atoms with Crippen molar-refractivity contribution < 1.29 is 17.6 Å². The minimum absolute atomic E-state index is 0.120. The third-order valence-corrected chi connectivity index (χ3v) is 6.28. The van der Waals surface area contributed by atoms with Crippen LogP contribution in [0.15, 0.2) is 82.8 Å². The van der Waals surface area contributed by atoms with E-state index in [1.165, 1.54) is 18.3 Å². The van der Waals surface area contributed by atoms with Crippen molar-refractivity contribution in [3.05, 3.63) is 95.3 Å². The van der Waals surface area contributed by atoms with E-state index in [0.29, 0.717) is 5.69 Å². The van der Waals surface area contributed by atoms with Gasteiger partial charge < -0.3 is 0 Å². The van der Waals surface area contributed by atoms with Gasteiger partial charge in [0.15, 0.2) is 0 Å². The normalized spacial score (nSPS) is 11.5. The molecule has 0 atom stereocenters. The van der Waals surface area contributed by atoms with Crippen LogP contribution in [0.4, 0.5) is 10.1 Å². The van der Waals surface area contributed by atoms with E-state index in [2.05, 4.69) is 10.5 Å². The lowest BCUT2D eigenvalue weighted by atomic mass is 10.2. The number of hydrogen-bond acceptors (Lipinski definition) is 4. The lowest BCUT2D eigenvalue weighted by molar-refractivity contribution is -0.119. The molecule has 0 aliphatic rings. The first-order valence-corrected chi connectivity index (χ1v) is 10.9. The molecule has 0 saturated carbocycles. The molecule has 1 amide bonds. The van der Waals surface area contributed by atoms with Crippen LogP contribution in [0.5, 0.6) is 0 Å². The second-order valence-electron chi connectivity index (χ2n) is 7.01. The number of carbonyl (C=O) groups is 1. The van der Waals surface area contributed by atoms with Gasteiger partial charge in [0, 0.05) is 0 Å². The van der Waals surface area contributed by atoms with Crippen LogP contribution in [0.25, 0.3) is 0 Å². The highest BCUT2D eigenvalue weighted by molar-refractivity contribution is 7.92. The lowest BCUT2D eigenvalue weighted by Crippen LogP contribution is -2.39. The number of benzene rings is 3. The second-order valence-corrected chi connectivity index (χ2v) is 8.87. The molecule has 0 aliphatic carbocycles. The van der Waals surface area contributed by atoms with Gasteiger partial charge in [0.2, 0.25) is 0 Å². The molecule has 0 aliphatic heterocycles. The molecule has 0 bridgehead atoms. The molecule has 0 spiro atoms. The largest absolute Gasteiger partial charge is 0.271 e. The summed E-state index contributed by atoms with van der Waals surface area (Å²) in [5.41, 5.74) is 5.50. The Morgan fingerprint density at radius 3 is 2.06 bits per heavy atom. The van der Waals surface area contributed by atoms with E-state index in [-0.39, 0.29) is 4.90 Å². The molecule has 0 fully saturated rings. The van der Waals surface area contributed by atoms with Crippen LogP contribution < -0.4 is 9.73 Å². The van der Waals surface area contributed by atoms with Crippen molar-refractivity contribution >= 4 is 27.8 Å². The molecule has 6 nitrogen and oxygen atoms in total. The molecule has 160 valence electrons. The molecule has 8 heteroatoms. The van der Waals surface area contributed by atoms with Gasteiger partial charge in [-0.15, -0.1) is 0 Å². The van der Waals surface area contributed by atoms with Gasteiger partial charge in [0.05, 0.1) is 16.8 Å². The van der Waals surface area contributed by atoms with Crippen molar-refractivity contribution in [1.29, 1.82) is 0 Å². The van der Waals surface area contributed by atoms with Gasteiger partial charge in [-0.05, 0) is 55.8 Å². The van der Waals surface area contributed by atoms with Crippen molar-refractivity contribution in [2.24, 2.45) is 5.10 Å². The number of rotatable bonds is 7. The van der Waals surface area contributed by atoms with Crippen molar-refractivity contribution in [2.75, 3.05) is 10.8 Å². The van der Waals surface area contributed by atoms with Gasteiger partial charge in [-0.3, -0.25) is 9.10 Å². The highest BCUT2D eigenvalue weighted by Gasteiger charge is 2.27. The minimum Gasteiger partial charge on any atom is -0.271 e. The maximum Gasteiger partial charge on any atom is 0.264 e. The fourth-order valence-corrected chi connectivity index (χ4v) is 4.18. The number of nitrogens with zero attached hydrogens (tertiary/aromatic N) is 2. The Morgan fingerprint density at radius 2 is 1.48 bits per heavy atom. The van der Waals surface area contributed by atoms with Crippen LogP contribution in [0.3, 0.4) is 0 Å². The first-order valence-electron chi connectivity index (χ1n) is 9.49. The Kier molecular flexibility index (Phi) is 6.81. The number of halogens is 1. The molecular weight excluding hydrogens is 417 g/mol. The number of carbonyl (C=O) groups excluding carboxylic acids is 1. The van der Waals surface area contributed by atoms with Gasteiger partial charge in [-0.2, -0.15) is 5.10 Å². The summed E-state index contributed by atoms with van der Waals surface area (Å²) < 4.78 is 40.6. The van der Waals surface area contributed by atoms with Crippen LogP contribution in [-0.4, -0.2) is 27.1 Å². The molecule has 0 radical (unpaired) electrons. The number of amides is 1. The lowest BCUT2D eigenvalue weighted by Gasteiger charge is -2.23. The Labute approximate surface area is 181 Å². The summed E-state index contributed by atoms with van der Waals surface area (Å²) in [5.74, 6) is -1.17. The van der Waals surface area contributed by atoms with Crippen LogP contribution >= 0.6 is 0 Å². The van der Waals surface area contributed by atoms with E-state index in [1.54, 1.807) is 24.3 Å². The molecule has 3 aromatic rings. The van der Waals surface area contributed by atoms with E-state index in [0.717, 1.165) is 33.1 Å². The molecule has 0 heterocycles. The summed E-state index contributed by atoms with van der Waals surface area (Å²) in [7, 11) is -4.11. The quantitative estimate of drug-likeness (QED) is 0.449. The average molecular weight is 440 g/mol. The van der Waals surface area contributed by atoms with Crippen LogP contribution in [0.2, 0.25) is 0 Å². The Morgan fingerprint density at radius 1 is 0.935 bits per heavy atom. The van der Waals surface area contributed by atoms with Crippen LogP contribution in [0.1, 0.15) is 16.7 Å². The third-order valence-electron chi connectivity index (χ3n) is 4.49. The predicted molar refractivity (Wildman–Crippen MR) is 119 cm³/mol. The maximum absolute atomic E-state index is 13.3. The van der Waals surface area contributed by atoms with Crippen LogP contribution in [0, 0.1) is 19.7 Å². The van der Waals surface area contributed by atoms with Gasteiger partial charge in [-0.25, -0.2) is 18.2 Å². The fourth-order valence-electron chi connectivity index (χ4n) is 2.76. The first-order chi connectivity index (χ1) is 14.8. The monoisotopic (exact) mass is 439 g/mol. The molecule has 0 saturated heterocycles. The second kappa shape index (κ2) is 9.53. The van der Waals surface area contributed by atoms with Gasteiger partial charge in [-0.1, -0.05) is 47.5 Å². The molecule has 3 aromatic carbocycles. The van der Waals surface area contributed by atoms with Crippen molar-refractivity contribution in [1.82, 2.24) is 5.43 Å². The van der Waals surface area contributed by atoms with E-state index >= 15 is 0 Å². The Balaban J connectivity index is 1.82. The van der Waals surface area contributed by atoms with E-state index in [4.69, 9.17) is 0 Å². The number of anilines is 1. The van der Waals surface area contributed by atoms with Crippen molar-refractivity contribution in [3.63, 3.8) is 0 Å². The molecule has 1 N–H and O–H groups in total. The smallest absolute Gasteiger partial charge is 0.264 e. The maximum atomic E-state index is 13.3. The van der Waals surface area contributed by atoms with Gasteiger partial charge in [0.1, 0.15) is 12.4 Å². The zero-order valence-electron chi connectivity index (χ0n) is 17.1. The van der Waals surface area contributed by atoms with Crippen molar-refractivity contribution in [3.8, 4) is 0 Å². The number of aryl methyl sites for hydroxylation is 2. The summed E-state index contributed by atoms with van der Waals surface area (Å²) in [6.07, 6.45) is 1.47. The van der Waals surface area contributed by atoms with E-state index in [9.17, 15) is 17.6 Å². The summed E-state index contributed by atoms with van der Waals surface area (Å²) in [4.78, 5) is 12.4. The molecule has 0 aromatic heterocycles. The Bertz CT molecular complexity index is 1170. The number of hydrogen-bond donors (Lipinski definition) is 1. The topological polar surface area (TPSA) is 78.8 Å². The zero-order chi connectivity index (χ0) is 22.4. The highest BCUT2D eigenvalue weighted by atomic mass is 32.2. The van der Waals surface area contributed by atoms with Gasteiger partial charge >= 0.3 is 0 Å². The predicted octanol–water partition coefficient (Wildman–Crippen LogP) is 3.79.